The molecule has 0 aliphatic rings. The number of carboxylic acid groups (broad SMARTS) is 1. The van der Waals surface area contributed by atoms with Gasteiger partial charge in [-0.05, 0) is 31.4 Å². The predicted molar refractivity (Wildman–Crippen MR) is 78.5 cm³/mol. The number of carboxylic acids is 1. The first-order valence-corrected chi connectivity index (χ1v) is 7.31. The van der Waals surface area contributed by atoms with Gasteiger partial charge in [-0.15, -0.1) is 0 Å². The minimum atomic E-state index is -0.749. The van der Waals surface area contributed by atoms with Gasteiger partial charge in [-0.2, -0.15) is 0 Å². The van der Waals surface area contributed by atoms with Crippen LogP contribution < -0.4 is 0 Å². The molecule has 0 amide bonds. The van der Waals surface area contributed by atoms with Gasteiger partial charge in [0, 0.05) is 22.9 Å². The molecule has 1 aromatic rings. The average Bonchev–Trinajstić information content (AvgIpc) is 2.36. The molecule has 0 spiro atoms. The fourth-order valence-electron chi connectivity index (χ4n) is 1.83. The van der Waals surface area contributed by atoms with E-state index in [1.165, 1.54) is 0 Å². The molecular weight excluding hydrogens is 308 g/mol. The summed E-state index contributed by atoms with van der Waals surface area (Å²) >= 11 is 3.42. The summed E-state index contributed by atoms with van der Waals surface area (Å²) in [5, 5.41) is 8.50. The topological polar surface area (TPSA) is 54.4 Å². The van der Waals surface area contributed by atoms with Gasteiger partial charge in [-0.3, -0.25) is 9.59 Å². The third-order valence-electron chi connectivity index (χ3n) is 3.04. The second kappa shape index (κ2) is 8.10. The van der Waals surface area contributed by atoms with E-state index in [0.717, 1.165) is 34.9 Å². The minimum absolute atomic E-state index is 0.152. The molecule has 0 saturated heterocycles. The molecule has 104 valence electrons. The first kappa shape index (κ1) is 15.9. The van der Waals surface area contributed by atoms with Crippen LogP contribution in [0.4, 0.5) is 0 Å². The van der Waals surface area contributed by atoms with E-state index < -0.39 is 5.97 Å². The number of aliphatic carboxylic acids is 1. The van der Waals surface area contributed by atoms with Crippen LogP contribution in [-0.2, 0) is 4.79 Å². The summed E-state index contributed by atoms with van der Waals surface area (Å²) in [6.45, 7) is 1.99. The molecule has 0 radical (unpaired) electrons. The van der Waals surface area contributed by atoms with Crippen molar-refractivity contribution in [1.82, 2.24) is 0 Å². The molecule has 0 bridgehead atoms. The van der Waals surface area contributed by atoms with Crippen molar-refractivity contribution < 1.29 is 14.7 Å². The van der Waals surface area contributed by atoms with Gasteiger partial charge < -0.3 is 5.11 Å². The van der Waals surface area contributed by atoms with Crippen molar-refractivity contribution in [2.45, 2.75) is 45.4 Å². The summed E-state index contributed by atoms with van der Waals surface area (Å²) in [4.78, 5) is 22.3. The van der Waals surface area contributed by atoms with Crippen LogP contribution in [0, 0.1) is 6.92 Å². The van der Waals surface area contributed by atoms with Crippen molar-refractivity contribution in [2.75, 3.05) is 0 Å². The second-order valence-corrected chi connectivity index (χ2v) is 5.55. The van der Waals surface area contributed by atoms with E-state index in [4.69, 9.17) is 5.11 Å². The maximum atomic E-state index is 11.9. The zero-order chi connectivity index (χ0) is 14.3. The van der Waals surface area contributed by atoms with Crippen LogP contribution in [0.2, 0.25) is 0 Å². The van der Waals surface area contributed by atoms with Gasteiger partial charge in [-0.1, -0.05) is 40.9 Å². The van der Waals surface area contributed by atoms with Gasteiger partial charge in [0.15, 0.2) is 5.78 Å². The third kappa shape index (κ3) is 6.01. The van der Waals surface area contributed by atoms with E-state index >= 15 is 0 Å². The Kier molecular flexibility index (Phi) is 6.78. The van der Waals surface area contributed by atoms with Gasteiger partial charge in [0.25, 0.3) is 0 Å². The fourth-order valence-corrected chi connectivity index (χ4v) is 2.20. The molecular formula is C15H19BrO3. The van der Waals surface area contributed by atoms with Crippen LogP contribution in [-0.4, -0.2) is 16.9 Å². The molecule has 1 N–H and O–H groups in total. The van der Waals surface area contributed by atoms with Gasteiger partial charge in [0.2, 0.25) is 0 Å². The van der Waals surface area contributed by atoms with E-state index in [9.17, 15) is 9.59 Å². The maximum absolute atomic E-state index is 11.9. The van der Waals surface area contributed by atoms with Crippen molar-refractivity contribution >= 4 is 27.7 Å². The first-order valence-electron chi connectivity index (χ1n) is 6.52. The number of aryl methyl sites for hydroxylation is 1. The number of ketones is 1. The molecule has 0 heterocycles. The maximum Gasteiger partial charge on any atom is 0.303 e. The van der Waals surface area contributed by atoms with Crippen LogP contribution in [0.1, 0.15) is 54.4 Å². The number of carbonyl (C=O) groups is 2. The van der Waals surface area contributed by atoms with Crippen molar-refractivity contribution in [1.29, 1.82) is 0 Å². The molecule has 0 saturated carbocycles. The largest absolute Gasteiger partial charge is 0.481 e. The number of hydrogen-bond acceptors (Lipinski definition) is 2. The second-order valence-electron chi connectivity index (χ2n) is 4.70. The third-order valence-corrected chi connectivity index (χ3v) is 3.89. The lowest BCUT2D eigenvalue weighted by Gasteiger charge is -2.04. The van der Waals surface area contributed by atoms with Crippen molar-refractivity contribution in [3.05, 3.63) is 33.8 Å². The van der Waals surface area contributed by atoms with Crippen LogP contribution in [0.3, 0.4) is 0 Å². The van der Waals surface area contributed by atoms with Crippen molar-refractivity contribution in [3.8, 4) is 0 Å². The van der Waals surface area contributed by atoms with E-state index in [-0.39, 0.29) is 12.2 Å². The molecule has 0 fully saturated rings. The number of benzene rings is 1. The van der Waals surface area contributed by atoms with Crippen molar-refractivity contribution in [2.24, 2.45) is 0 Å². The molecule has 19 heavy (non-hydrogen) atoms. The number of halogens is 1. The van der Waals surface area contributed by atoms with Crippen LogP contribution in [0.5, 0.6) is 0 Å². The molecule has 3 nitrogen and oxygen atoms in total. The molecule has 0 aromatic heterocycles. The molecule has 0 aliphatic heterocycles. The molecule has 1 rings (SSSR count). The molecule has 0 unspecified atom stereocenters. The molecule has 0 aliphatic carbocycles. The van der Waals surface area contributed by atoms with E-state index in [2.05, 4.69) is 15.9 Å². The number of Topliss-reactive ketones (excluding diaryl/α,β-unsaturated/α-hetero) is 1. The van der Waals surface area contributed by atoms with Gasteiger partial charge in [0.1, 0.15) is 0 Å². The Balaban J connectivity index is 2.27. The van der Waals surface area contributed by atoms with Crippen molar-refractivity contribution in [3.63, 3.8) is 0 Å². The SMILES string of the molecule is Cc1ccc(C(=O)CCCCCCC(=O)O)cc1Br. The summed E-state index contributed by atoms with van der Waals surface area (Å²) in [5.41, 5.74) is 1.85. The Morgan fingerprint density at radius 2 is 1.74 bits per heavy atom. The van der Waals surface area contributed by atoms with Crippen LogP contribution in [0.15, 0.2) is 22.7 Å². The number of hydrogen-bond donors (Lipinski definition) is 1. The Labute approximate surface area is 122 Å². The lowest BCUT2D eigenvalue weighted by atomic mass is 10.0. The quantitative estimate of drug-likeness (QED) is 0.570. The lowest BCUT2D eigenvalue weighted by Crippen LogP contribution is -1.99. The fraction of sp³-hybridized carbons (Fsp3) is 0.467. The Morgan fingerprint density at radius 3 is 2.32 bits per heavy atom. The first-order chi connectivity index (χ1) is 9.00. The van der Waals surface area contributed by atoms with Crippen LogP contribution in [0.25, 0.3) is 0 Å². The predicted octanol–water partition coefficient (Wildman–Crippen LogP) is 4.37. The minimum Gasteiger partial charge on any atom is -0.481 e. The zero-order valence-corrected chi connectivity index (χ0v) is 12.7. The summed E-state index contributed by atoms with van der Waals surface area (Å²) in [6, 6.07) is 5.65. The Bertz CT molecular complexity index is 455. The summed E-state index contributed by atoms with van der Waals surface area (Å²) < 4.78 is 0.958. The highest BCUT2D eigenvalue weighted by Crippen LogP contribution is 2.19. The van der Waals surface area contributed by atoms with Gasteiger partial charge >= 0.3 is 5.97 Å². The smallest absolute Gasteiger partial charge is 0.303 e. The standard InChI is InChI=1S/C15H19BrO3/c1-11-8-9-12(10-13(11)16)14(17)6-4-2-3-5-7-15(18)19/h8-10H,2-7H2,1H3,(H,18,19). The average molecular weight is 327 g/mol. The highest BCUT2D eigenvalue weighted by Gasteiger charge is 2.07. The highest BCUT2D eigenvalue weighted by atomic mass is 79.9. The summed E-state index contributed by atoms with van der Waals surface area (Å²) in [7, 11) is 0. The molecule has 1 aromatic carbocycles. The Morgan fingerprint density at radius 1 is 1.11 bits per heavy atom. The normalized spacial score (nSPS) is 10.4. The number of rotatable bonds is 8. The van der Waals surface area contributed by atoms with Gasteiger partial charge in [0.05, 0.1) is 0 Å². The van der Waals surface area contributed by atoms with E-state index in [0.29, 0.717) is 12.8 Å². The highest BCUT2D eigenvalue weighted by molar-refractivity contribution is 9.10. The monoisotopic (exact) mass is 326 g/mol. The lowest BCUT2D eigenvalue weighted by molar-refractivity contribution is -0.137. The summed E-state index contributed by atoms with van der Waals surface area (Å²) in [5.74, 6) is -0.598. The summed E-state index contributed by atoms with van der Waals surface area (Å²) in [6.07, 6.45) is 4.05. The Hall–Kier alpha value is -1.16. The molecule has 4 heteroatoms. The number of unbranched alkanes of at least 4 members (excludes halogenated alkanes) is 3. The molecule has 0 atom stereocenters. The van der Waals surface area contributed by atoms with Crippen LogP contribution >= 0.6 is 15.9 Å². The van der Waals surface area contributed by atoms with E-state index in [1.54, 1.807) is 0 Å². The van der Waals surface area contributed by atoms with Gasteiger partial charge in [-0.25, -0.2) is 0 Å². The van der Waals surface area contributed by atoms with E-state index in [1.807, 2.05) is 25.1 Å². The number of carbonyl (C=O) groups excluding carboxylic acids is 1. The zero-order valence-electron chi connectivity index (χ0n) is 11.1.